The van der Waals surface area contributed by atoms with Crippen molar-refractivity contribution < 1.29 is 9.53 Å². The lowest BCUT2D eigenvalue weighted by atomic mass is 10.1. The molecule has 0 saturated carbocycles. The van der Waals surface area contributed by atoms with Crippen LogP contribution in [0.2, 0.25) is 0 Å². The molecule has 3 heterocycles. The minimum absolute atomic E-state index is 0.0899. The largest absolute Gasteiger partial charge is 0.370 e. The van der Waals surface area contributed by atoms with E-state index in [9.17, 15) is 4.79 Å². The molecule has 1 amide bonds. The maximum absolute atomic E-state index is 12.6. The first-order valence-corrected chi connectivity index (χ1v) is 8.39. The first-order valence-electron chi connectivity index (χ1n) is 8.39. The van der Waals surface area contributed by atoms with Crippen LogP contribution in [0.25, 0.3) is 11.0 Å². The van der Waals surface area contributed by atoms with E-state index >= 15 is 0 Å². The molecule has 1 aromatic carbocycles. The van der Waals surface area contributed by atoms with Crippen LogP contribution in [0.5, 0.6) is 0 Å². The number of fused-ring (bicyclic) bond motifs is 1. The highest BCUT2D eigenvalue weighted by Crippen LogP contribution is 2.22. The molecule has 3 aromatic rings. The number of hydrogen-bond acceptors (Lipinski definition) is 5. The fourth-order valence-corrected chi connectivity index (χ4v) is 3.10. The van der Waals surface area contributed by atoms with Crippen molar-refractivity contribution >= 4 is 16.9 Å². The fourth-order valence-electron chi connectivity index (χ4n) is 3.10. The Morgan fingerprint density at radius 1 is 1.20 bits per heavy atom. The van der Waals surface area contributed by atoms with Crippen LogP contribution in [0.3, 0.4) is 0 Å². The van der Waals surface area contributed by atoms with Crippen LogP contribution < -0.4 is 0 Å². The van der Waals surface area contributed by atoms with Crippen molar-refractivity contribution in [3.05, 3.63) is 54.4 Å². The van der Waals surface area contributed by atoms with E-state index in [-0.39, 0.29) is 12.0 Å². The first-order chi connectivity index (χ1) is 12.3. The van der Waals surface area contributed by atoms with Gasteiger partial charge in [0.2, 0.25) is 5.91 Å². The van der Waals surface area contributed by atoms with Crippen molar-refractivity contribution in [3.63, 3.8) is 0 Å². The molecule has 1 fully saturated rings. The highest BCUT2D eigenvalue weighted by Gasteiger charge is 2.25. The quantitative estimate of drug-likeness (QED) is 0.726. The number of benzene rings is 1. The second kappa shape index (κ2) is 6.98. The summed E-state index contributed by atoms with van der Waals surface area (Å²) in [5.74, 6) is 0.113. The first kappa shape index (κ1) is 15.7. The van der Waals surface area contributed by atoms with E-state index in [0.717, 1.165) is 16.6 Å². The third-order valence-corrected chi connectivity index (χ3v) is 4.45. The number of rotatable bonds is 4. The van der Waals surface area contributed by atoms with Crippen molar-refractivity contribution in [1.29, 1.82) is 0 Å². The Kier molecular flexibility index (Phi) is 4.39. The second-order valence-corrected chi connectivity index (χ2v) is 6.03. The lowest BCUT2D eigenvalue weighted by Crippen LogP contribution is -2.42. The third kappa shape index (κ3) is 3.36. The minimum Gasteiger partial charge on any atom is -0.370 e. The zero-order valence-corrected chi connectivity index (χ0v) is 13.8. The second-order valence-electron chi connectivity index (χ2n) is 6.03. The molecule has 0 bridgehead atoms. The van der Waals surface area contributed by atoms with Crippen LogP contribution in [0.4, 0.5) is 0 Å². The zero-order chi connectivity index (χ0) is 17.1. The molecule has 2 aromatic heterocycles. The lowest BCUT2D eigenvalue weighted by Gasteiger charge is -2.33. The van der Waals surface area contributed by atoms with Gasteiger partial charge >= 0.3 is 0 Å². The molecule has 25 heavy (non-hydrogen) atoms. The molecule has 128 valence electrons. The summed E-state index contributed by atoms with van der Waals surface area (Å²) >= 11 is 0. The highest BCUT2D eigenvalue weighted by atomic mass is 16.5. The molecule has 0 N–H and O–H groups in total. The van der Waals surface area contributed by atoms with Crippen molar-refractivity contribution in [2.24, 2.45) is 0 Å². The summed E-state index contributed by atoms with van der Waals surface area (Å²) in [6, 6.07) is 11.6. The van der Waals surface area contributed by atoms with Gasteiger partial charge in [0.25, 0.3) is 0 Å². The van der Waals surface area contributed by atoms with Gasteiger partial charge in [0.1, 0.15) is 11.6 Å². The Bertz CT molecular complexity index is 864. The number of amides is 1. The number of aryl methyl sites for hydroxylation is 1. The van der Waals surface area contributed by atoms with Gasteiger partial charge in [-0.05, 0) is 29.8 Å². The number of carbonyl (C=O) groups is 1. The van der Waals surface area contributed by atoms with Crippen LogP contribution in [-0.2, 0) is 16.1 Å². The summed E-state index contributed by atoms with van der Waals surface area (Å²) < 4.78 is 7.59. The van der Waals surface area contributed by atoms with Crippen molar-refractivity contribution in [2.45, 2.75) is 19.1 Å². The number of nitrogens with zero attached hydrogens (tertiary/aromatic N) is 5. The van der Waals surface area contributed by atoms with Crippen LogP contribution in [-0.4, -0.2) is 50.5 Å². The van der Waals surface area contributed by atoms with E-state index < -0.39 is 0 Å². The van der Waals surface area contributed by atoms with E-state index in [1.807, 2.05) is 41.3 Å². The Morgan fingerprint density at radius 2 is 2.04 bits per heavy atom. The number of carbonyl (C=O) groups excluding carboxylic acids is 1. The molecular weight excluding hydrogens is 318 g/mol. The van der Waals surface area contributed by atoms with E-state index in [2.05, 4.69) is 15.3 Å². The average molecular weight is 337 g/mol. The van der Waals surface area contributed by atoms with E-state index in [4.69, 9.17) is 4.74 Å². The van der Waals surface area contributed by atoms with Crippen LogP contribution in [0.1, 0.15) is 18.1 Å². The Labute approximate surface area is 145 Å². The summed E-state index contributed by atoms with van der Waals surface area (Å²) in [4.78, 5) is 18.5. The number of morpholine rings is 1. The SMILES string of the molecule is O=C(CCn1nnc2ccccc21)N1CCO[C@H](c2ccncc2)C1. The Balaban J connectivity index is 1.39. The molecule has 1 saturated heterocycles. The maximum atomic E-state index is 12.6. The molecule has 1 atom stereocenters. The monoisotopic (exact) mass is 337 g/mol. The smallest absolute Gasteiger partial charge is 0.224 e. The summed E-state index contributed by atoms with van der Waals surface area (Å²) in [5.41, 5.74) is 2.85. The predicted octanol–water partition coefficient (Wildman–Crippen LogP) is 1.82. The van der Waals surface area contributed by atoms with Gasteiger partial charge in [0.05, 0.1) is 25.2 Å². The molecule has 0 unspecified atom stereocenters. The average Bonchev–Trinajstić information content (AvgIpc) is 3.10. The molecule has 1 aliphatic rings. The summed E-state index contributed by atoms with van der Waals surface area (Å²) in [7, 11) is 0. The van der Waals surface area contributed by atoms with Gasteiger partial charge in [-0.15, -0.1) is 5.10 Å². The Hall–Kier alpha value is -2.80. The van der Waals surface area contributed by atoms with Crippen molar-refractivity contribution in [1.82, 2.24) is 24.9 Å². The van der Waals surface area contributed by atoms with Gasteiger partial charge in [0, 0.05) is 25.4 Å². The highest BCUT2D eigenvalue weighted by molar-refractivity contribution is 5.77. The van der Waals surface area contributed by atoms with E-state index in [0.29, 0.717) is 32.7 Å². The van der Waals surface area contributed by atoms with Crippen molar-refractivity contribution in [3.8, 4) is 0 Å². The van der Waals surface area contributed by atoms with E-state index in [1.54, 1.807) is 17.1 Å². The third-order valence-electron chi connectivity index (χ3n) is 4.45. The van der Waals surface area contributed by atoms with Gasteiger partial charge in [-0.1, -0.05) is 17.3 Å². The van der Waals surface area contributed by atoms with Gasteiger partial charge in [0.15, 0.2) is 0 Å². The van der Waals surface area contributed by atoms with Crippen LogP contribution in [0, 0.1) is 0 Å². The predicted molar refractivity (Wildman–Crippen MR) is 91.7 cm³/mol. The van der Waals surface area contributed by atoms with Gasteiger partial charge in [-0.2, -0.15) is 0 Å². The Morgan fingerprint density at radius 3 is 2.92 bits per heavy atom. The van der Waals surface area contributed by atoms with Gasteiger partial charge in [-0.3, -0.25) is 9.78 Å². The molecule has 7 nitrogen and oxygen atoms in total. The minimum atomic E-state index is -0.0899. The molecule has 0 radical (unpaired) electrons. The summed E-state index contributed by atoms with van der Waals surface area (Å²) in [5, 5.41) is 8.26. The van der Waals surface area contributed by atoms with Crippen LogP contribution >= 0.6 is 0 Å². The number of pyridine rings is 1. The van der Waals surface area contributed by atoms with Crippen molar-refractivity contribution in [2.75, 3.05) is 19.7 Å². The van der Waals surface area contributed by atoms with Crippen LogP contribution in [0.15, 0.2) is 48.8 Å². The van der Waals surface area contributed by atoms with Gasteiger partial charge in [-0.25, -0.2) is 4.68 Å². The molecular formula is C18H19N5O2. The van der Waals surface area contributed by atoms with E-state index in [1.165, 1.54) is 0 Å². The number of hydrogen-bond donors (Lipinski definition) is 0. The molecule has 0 aliphatic carbocycles. The molecule has 0 spiro atoms. The molecule has 1 aliphatic heterocycles. The standard InChI is InChI=1S/C18H19N5O2/c24-18(7-10-23-16-4-2-1-3-15(16)20-21-23)22-11-12-25-17(13-22)14-5-8-19-9-6-14/h1-6,8-9,17H,7,10-13H2/t17-/m0/s1. The summed E-state index contributed by atoms with van der Waals surface area (Å²) in [6.07, 6.45) is 3.80. The normalized spacial score (nSPS) is 17.8. The maximum Gasteiger partial charge on any atom is 0.224 e. The molecule has 7 heteroatoms. The topological polar surface area (TPSA) is 73.1 Å². The number of ether oxygens (including phenoxy) is 1. The van der Waals surface area contributed by atoms with Gasteiger partial charge < -0.3 is 9.64 Å². The molecule has 4 rings (SSSR count). The fraction of sp³-hybridized carbons (Fsp3) is 0.333. The zero-order valence-electron chi connectivity index (χ0n) is 13.8. The lowest BCUT2D eigenvalue weighted by molar-refractivity contribution is -0.139. The summed E-state index contributed by atoms with van der Waals surface area (Å²) in [6.45, 7) is 2.26. The number of para-hydroxylation sites is 1. The number of aromatic nitrogens is 4.